The van der Waals surface area contributed by atoms with E-state index >= 15 is 0 Å². The summed E-state index contributed by atoms with van der Waals surface area (Å²) >= 11 is 0. The molecule has 1 saturated carbocycles. The van der Waals surface area contributed by atoms with Gasteiger partial charge in [0.2, 0.25) is 0 Å². The Morgan fingerprint density at radius 2 is 2.04 bits per heavy atom. The fourth-order valence-corrected chi connectivity index (χ4v) is 3.12. The number of sulfone groups is 1. The molecular formula is C17H20N2O5S. The van der Waals surface area contributed by atoms with Crippen LogP contribution in [-0.4, -0.2) is 38.7 Å². The van der Waals surface area contributed by atoms with Crippen LogP contribution in [0.1, 0.15) is 35.7 Å². The predicted octanol–water partition coefficient (Wildman–Crippen LogP) is 1.36. The summed E-state index contributed by atoms with van der Waals surface area (Å²) < 4.78 is 28.2. The Morgan fingerprint density at radius 1 is 1.40 bits per heavy atom. The maximum atomic E-state index is 12.2. The quantitative estimate of drug-likeness (QED) is 0.763. The second kappa shape index (κ2) is 6.84. The molecule has 0 aliphatic heterocycles. The molecule has 1 atom stereocenters. The number of nitrogens with one attached hydrogen (secondary N) is 1. The Balaban J connectivity index is 2.03. The van der Waals surface area contributed by atoms with E-state index < -0.39 is 33.9 Å². The van der Waals surface area contributed by atoms with Crippen molar-refractivity contribution in [1.82, 2.24) is 5.32 Å². The molecule has 0 heterocycles. The molecule has 0 saturated heterocycles. The van der Waals surface area contributed by atoms with Gasteiger partial charge in [0.15, 0.2) is 16.4 Å². The normalized spacial score (nSPS) is 16.4. The average molecular weight is 364 g/mol. The molecule has 134 valence electrons. The largest absolute Gasteiger partial charge is 0.452 e. The lowest BCUT2D eigenvalue weighted by Crippen LogP contribution is -2.48. The second-order valence-electron chi connectivity index (χ2n) is 6.46. The number of carbonyl (C=O) groups is 2. The Labute approximate surface area is 146 Å². The average Bonchev–Trinajstić information content (AvgIpc) is 3.37. The molecule has 0 unspecified atom stereocenters. The van der Waals surface area contributed by atoms with Crippen LogP contribution in [0.25, 0.3) is 0 Å². The van der Waals surface area contributed by atoms with Gasteiger partial charge in [-0.25, -0.2) is 13.2 Å². The van der Waals surface area contributed by atoms with Crippen molar-refractivity contribution < 1.29 is 22.7 Å². The van der Waals surface area contributed by atoms with Crippen LogP contribution in [0.2, 0.25) is 0 Å². The summed E-state index contributed by atoms with van der Waals surface area (Å²) in [6, 6.07) is 6.23. The van der Waals surface area contributed by atoms with Crippen molar-refractivity contribution in [2.24, 2.45) is 5.92 Å². The molecule has 1 amide bonds. The van der Waals surface area contributed by atoms with Gasteiger partial charge in [0, 0.05) is 6.26 Å². The van der Waals surface area contributed by atoms with E-state index in [9.17, 15) is 23.3 Å². The molecule has 25 heavy (non-hydrogen) atoms. The number of esters is 1. The standard InChI is InChI=1S/C17H20N2O5S/c1-11-4-7-13(25(3,22)23)8-14(11)16(21)24-9-15(20)19-17(2,10-18)12-5-6-12/h4,7-8,12H,5-6,9H2,1-3H3,(H,19,20)/t17-/m1/s1. The second-order valence-corrected chi connectivity index (χ2v) is 8.48. The lowest BCUT2D eigenvalue weighted by molar-refractivity contribution is -0.125. The molecule has 1 aromatic carbocycles. The number of amides is 1. The van der Waals surface area contributed by atoms with Crippen LogP contribution in [0.3, 0.4) is 0 Å². The summed E-state index contributed by atoms with van der Waals surface area (Å²) in [6.45, 7) is 2.75. The fourth-order valence-electron chi connectivity index (χ4n) is 2.47. The first kappa shape index (κ1) is 18.9. The summed E-state index contributed by atoms with van der Waals surface area (Å²) in [6.07, 6.45) is 2.80. The van der Waals surface area contributed by atoms with Crippen LogP contribution in [0.5, 0.6) is 0 Å². The van der Waals surface area contributed by atoms with Crippen molar-refractivity contribution in [3.63, 3.8) is 0 Å². The minimum absolute atomic E-state index is 0.000269. The smallest absolute Gasteiger partial charge is 0.338 e. The van der Waals surface area contributed by atoms with Crippen LogP contribution in [0, 0.1) is 24.2 Å². The minimum atomic E-state index is -3.46. The Morgan fingerprint density at radius 3 is 2.56 bits per heavy atom. The van der Waals surface area contributed by atoms with Gasteiger partial charge in [-0.2, -0.15) is 5.26 Å². The van der Waals surface area contributed by atoms with Crippen molar-refractivity contribution in [2.75, 3.05) is 12.9 Å². The summed E-state index contributed by atoms with van der Waals surface area (Å²) in [7, 11) is -3.46. The number of ether oxygens (including phenoxy) is 1. The molecule has 0 bridgehead atoms. The number of hydrogen-bond donors (Lipinski definition) is 1. The minimum Gasteiger partial charge on any atom is -0.452 e. The zero-order valence-electron chi connectivity index (χ0n) is 14.3. The Bertz CT molecular complexity index is 852. The number of nitrogens with zero attached hydrogens (tertiary/aromatic N) is 1. The van der Waals surface area contributed by atoms with Gasteiger partial charge < -0.3 is 10.1 Å². The third-order valence-corrected chi connectivity index (χ3v) is 5.33. The van der Waals surface area contributed by atoms with Gasteiger partial charge in [-0.15, -0.1) is 0 Å². The molecular weight excluding hydrogens is 344 g/mol. The zero-order valence-corrected chi connectivity index (χ0v) is 15.1. The number of carbonyl (C=O) groups excluding carboxylic acids is 2. The van der Waals surface area contributed by atoms with Gasteiger partial charge in [0.05, 0.1) is 16.5 Å². The van der Waals surface area contributed by atoms with Crippen molar-refractivity contribution in [1.29, 1.82) is 5.26 Å². The maximum Gasteiger partial charge on any atom is 0.338 e. The highest BCUT2D eigenvalue weighted by molar-refractivity contribution is 7.90. The maximum absolute atomic E-state index is 12.2. The van der Waals surface area contributed by atoms with Crippen molar-refractivity contribution in [2.45, 2.75) is 37.1 Å². The van der Waals surface area contributed by atoms with Gasteiger partial charge in [0.25, 0.3) is 5.91 Å². The lowest BCUT2D eigenvalue weighted by atomic mass is 9.98. The molecule has 0 aromatic heterocycles. The molecule has 2 rings (SSSR count). The lowest BCUT2D eigenvalue weighted by Gasteiger charge is -2.22. The van der Waals surface area contributed by atoms with Crippen LogP contribution in [0.4, 0.5) is 0 Å². The molecule has 1 aliphatic rings. The predicted molar refractivity (Wildman–Crippen MR) is 89.5 cm³/mol. The van der Waals surface area contributed by atoms with Gasteiger partial charge in [-0.05, 0) is 50.3 Å². The van der Waals surface area contributed by atoms with Gasteiger partial charge in [-0.3, -0.25) is 4.79 Å². The highest BCUT2D eigenvalue weighted by Gasteiger charge is 2.43. The summed E-state index contributed by atoms with van der Waals surface area (Å²) in [5.41, 5.74) is -0.339. The van der Waals surface area contributed by atoms with E-state index in [1.807, 2.05) is 0 Å². The first-order valence-corrected chi connectivity index (χ1v) is 9.66. The van der Waals surface area contributed by atoms with Crippen molar-refractivity contribution >= 4 is 21.7 Å². The Hall–Kier alpha value is -2.40. The summed E-state index contributed by atoms with van der Waals surface area (Å²) in [5.74, 6) is -1.24. The topological polar surface area (TPSA) is 113 Å². The third-order valence-electron chi connectivity index (χ3n) is 4.22. The molecule has 8 heteroatoms. The van der Waals surface area contributed by atoms with E-state index in [1.54, 1.807) is 13.8 Å². The summed E-state index contributed by atoms with van der Waals surface area (Å²) in [5, 5.41) is 11.8. The molecule has 1 fully saturated rings. The SMILES string of the molecule is Cc1ccc(S(C)(=O)=O)cc1C(=O)OCC(=O)N[C@](C)(C#N)C1CC1. The van der Waals surface area contributed by atoms with Crippen molar-refractivity contribution in [3.8, 4) is 6.07 Å². The number of aryl methyl sites for hydroxylation is 1. The van der Waals surface area contributed by atoms with Gasteiger partial charge in [-0.1, -0.05) is 6.07 Å². The molecule has 7 nitrogen and oxygen atoms in total. The van der Waals surface area contributed by atoms with Crippen LogP contribution in [0.15, 0.2) is 23.1 Å². The number of nitriles is 1. The zero-order chi connectivity index (χ0) is 18.8. The summed E-state index contributed by atoms with van der Waals surface area (Å²) in [4.78, 5) is 24.1. The van der Waals surface area contributed by atoms with E-state index in [1.165, 1.54) is 18.2 Å². The molecule has 0 radical (unpaired) electrons. The number of hydrogen-bond acceptors (Lipinski definition) is 6. The molecule has 1 aliphatic carbocycles. The molecule has 1 aromatic rings. The monoisotopic (exact) mass is 364 g/mol. The van der Waals surface area contributed by atoms with E-state index in [-0.39, 0.29) is 16.4 Å². The van der Waals surface area contributed by atoms with Crippen LogP contribution < -0.4 is 5.32 Å². The highest BCUT2D eigenvalue weighted by atomic mass is 32.2. The van der Waals surface area contributed by atoms with Crippen molar-refractivity contribution in [3.05, 3.63) is 29.3 Å². The number of rotatable bonds is 6. The van der Waals surface area contributed by atoms with E-state index in [4.69, 9.17) is 4.74 Å². The first-order chi connectivity index (χ1) is 11.6. The highest BCUT2D eigenvalue weighted by Crippen LogP contribution is 2.39. The van der Waals surface area contributed by atoms with E-state index in [0.29, 0.717) is 5.56 Å². The van der Waals surface area contributed by atoms with Gasteiger partial charge >= 0.3 is 5.97 Å². The first-order valence-electron chi connectivity index (χ1n) is 7.77. The van der Waals surface area contributed by atoms with Crippen LogP contribution >= 0.6 is 0 Å². The molecule has 1 N–H and O–H groups in total. The van der Waals surface area contributed by atoms with E-state index in [2.05, 4.69) is 11.4 Å². The fraction of sp³-hybridized carbons (Fsp3) is 0.471. The van der Waals surface area contributed by atoms with Gasteiger partial charge in [0.1, 0.15) is 5.54 Å². The Kier molecular flexibility index (Phi) is 5.18. The van der Waals surface area contributed by atoms with E-state index in [0.717, 1.165) is 19.1 Å². The van der Waals surface area contributed by atoms with Crippen LogP contribution in [-0.2, 0) is 19.4 Å². The molecule has 0 spiro atoms. The third kappa shape index (κ3) is 4.57. The number of benzene rings is 1.